The quantitative estimate of drug-likeness (QED) is 0.129. The molecule has 0 bridgehead atoms. The van der Waals surface area contributed by atoms with Crippen LogP contribution in [-0.4, -0.2) is 6.88 Å². The van der Waals surface area contributed by atoms with Crippen molar-refractivity contribution in [3.8, 4) is 0 Å². The number of rotatable bonds is 0. The van der Waals surface area contributed by atoms with Gasteiger partial charge in [0.15, 0.2) is 0 Å². The summed E-state index contributed by atoms with van der Waals surface area (Å²) in [5.74, 6) is 0. The van der Waals surface area contributed by atoms with Crippen molar-refractivity contribution in [2.45, 2.75) is 27.7 Å². The van der Waals surface area contributed by atoms with E-state index in [2.05, 4.69) is 101 Å². The van der Waals surface area contributed by atoms with Crippen molar-refractivity contribution in [1.29, 1.82) is 0 Å². The molecule has 0 fully saturated rings. The molecule has 0 atom stereocenters. The van der Waals surface area contributed by atoms with E-state index in [-0.39, 0.29) is 32.2 Å². The Morgan fingerprint density at radius 1 is 0.636 bits per heavy atom. The minimum atomic E-state index is 0. The summed E-state index contributed by atoms with van der Waals surface area (Å²) in [5.41, 5.74) is 5.45. The molecule has 5 rings (SSSR count). The van der Waals surface area contributed by atoms with Crippen molar-refractivity contribution in [3.05, 3.63) is 127 Å². The van der Waals surface area contributed by atoms with Gasteiger partial charge in [-0.05, 0) is 13.8 Å². The van der Waals surface area contributed by atoms with E-state index in [9.17, 15) is 0 Å². The number of halogens is 2. The minimum Gasteiger partial charge on any atom is -0.184 e. The van der Waals surface area contributed by atoms with Crippen molar-refractivity contribution in [2.24, 2.45) is 0 Å². The fourth-order valence-corrected chi connectivity index (χ4v) is 3.42. The van der Waals surface area contributed by atoms with E-state index in [1.54, 1.807) is 0 Å². The van der Waals surface area contributed by atoms with Gasteiger partial charge in [0.2, 0.25) is 0 Å². The monoisotopic (exact) mass is 568 g/mol. The van der Waals surface area contributed by atoms with Gasteiger partial charge >= 0.3 is 30.2 Å². The van der Waals surface area contributed by atoms with Crippen molar-refractivity contribution in [3.63, 3.8) is 0 Å². The molecule has 5 aromatic carbocycles. The maximum absolute atomic E-state index is 3.06. The van der Waals surface area contributed by atoms with Crippen LogP contribution >= 0.6 is 24.8 Å². The number of hydrogen-bond acceptors (Lipinski definition) is 0. The SMILES string of the molecule is Cc1cc2c(C)cccc2[cH-]1.Cc1cc2c(C)cccc2[cH-]1.Cl.Cl.[CH3-].[Si]=[Zr].[c-]1ccccc1. The van der Waals surface area contributed by atoms with E-state index in [0.717, 1.165) is 0 Å². The molecular formula is C29H32Cl2SiZr-4. The van der Waals surface area contributed by atoms with Gasteiger partial charge in [-0.3, -0.25) is 0 Å². The Labute approximate surface area is 229 Å². The summed E-state index contributed by atoms with van der Waals surface area (Å²) in [6, 6.07) is 34.3. The van der Waals surface area contributed by atoms with E-state index in [1.165, 1.54) is 67.1 Å². The molecule has 0 aliphatic carbocycles. The first-order valence-electron chi connectivity index (χ1n) is 9.96. The van der Waals surface area contributed by atoms with Gasteiger partial charge in [-0.25, -0.2) is 0 Å². The molecule has 0 N–H and O–H groups in total. The van der Waals surface area contributed by atoms with Crippen LogP contribution in [0.4, 0.5) is 0 Å². The van der Waals surface area contributed by atoms with Gasteiger partial charge in [0.05, 0.1) is 0 Å². The molecule has 0 aliphatic heterocycles. The Morgan fingerprint density at radius 2 is 1.03 bits per heavy atom. The van der Waals surface area contributed by atoms with E-state index in [4.69, 9.17) is 0 Å². The Kier molecular flexibility index (Phi) is 18.4. The van der Waals surface area contributed by atoms with Crippen molar-refractivity contribution in [1.82, 2.24) is 0 Å². The Hall–Kier alpha value is -1.44. The molecule has 0 spiro atoms. The molecule has 0 heterocycles. The Bertz CT molecular complexity index is 1070. The molecule has 174 valence electrons. The average Bonchev–Trinajstić information content (AvgIpc) is 3.35. The standard InChI is InChI=1S/2C11H11.C6H5.CH3.2ClH.Si.Zr/c2*1-8-6-10-5-3-4-9(2)11(10)7-8;1-2-4-6-5-3-1;;;;;/h2*3-7H,1-2H3;1-5H;1H3;2*1H;;/q4*-1;;;;. The number of fused-ring (bicyclic) bond motifs is 2. The predicted octanol–water partition coefficient (Wildman–Crippen LogP) is 8.75. The fourth-order valence-electron chi connectivity index (χ4n) is 3.42. The minimum absolute atomic E-state index is 0. The molecule has 0 unspecified atom stereocenters. The van der Waals surface area contributed by atoms with Crippen LogP contribution in [0.2, 0.25) is 0 Å². The third-order valence-corrected chi connectivity index (χ3v) is 4.83. The summed E-state index contributed by atoms with van der Waals surface area (Å²) in [6.07, 6.45) is 0. The zero-order valence-corrected chi connectivity index (χ0v) is 25.1. The maximum atomic E-state index is 3.06. The van der Waals surface area contributed by atoms with E-state index < -0.39 is 0 Å². The number of hydrogen-bond donors (Lipinski definition) is 0. The van der Waals surface area contributed by atoms with Gasteiger partial charge in [0.1, 0.15) is 0 Å². The summed E-state index contributed by atoms with van der Waals surface area (Å²) >= 11 is 1.36. The summed E-state index contributed by atoms with van der Waals surface area (Å²) < 4.78 is 0. The maximum Gasteiger partial charge on any atom is -0.171 e. The van der Waals surface area contributed by atoms with Gasteiger partial charge < -0.3 is 7.43 Å². The van der Waals surface area contributed by atoms with Crippen LogP contribution in [0.5, 0.6) is 0 Å². The van der Waals surface area contributed by atoms with Crippen LogP contribution in [0.1, 0.15) is 22.3 Å². The molecule has 0 aromatic heterocycles. The zero-order valence-electron chi connectivity index (χ0n) is 20.0. The topological polar surface area (TPSA) is 0 Å². The second-order valence-corrected chi connectivity index (χ2v) is 7.30. The normalized spacial score (nSPS) is 8.70. The second-order valence-electron chi connectivity index (χ2n) is 7.30. The number of aryl methyl sites for hydroxylation is 4. The molecule has 0 aliphatic rings. The van der Waals surface area contributed by atoms with Gasteiger partial charge in [-0.15, -0.1) is 93.9 Å². The molecule has 5 aromatic rings. The van der Waals surface area contributed by atoms with E-state index >= 15 is 0 Å². The molecule has 4 heteroatoms. The van der Waals surface area contributed by atoms with Crippen LogP contribution in [0.15, 0.2) is 91.0 Å². The van der Waals surface area contributed by atoms with Gasteiger partial charge in [-0.2, -0.15) is 48.5 Å². The molecular weight excluding hydrogens is 539 g/mol. The molecule has 0 saturated carbocycles. The van der Waals surface area contributed by atoms with Crippen LogP contribution in [0, 0.1) is 41.2 Å². The first kappa shape index (κ1) is 33.7. The van der Waals surface area contributed by atoms with Crippen molar-refractivity contribution in [2.75, 3.05) is 0 Å². The molecule has 2 radical (unpaired) electrons. The summed E-state index contributed by atoms with van der Waals surface area (Å²) in [6.45, 7) is 11.6. The molecule has 0 nitrogen and oxygen atoms in total. The van der Waals surface area contributed by atoms with E-state index in [0.29, 0.717) is 0 Å². The van der Waals surface area contributed by atoms with Crippen LogP contribution in [-0.2, 0) is 23.3 Å². The Balaban J connectivity index is 0. The van der Waals surface area contributed by atoms with Crippen molar-refractivity contribution < 1.29 is 23.3 Å². The third kappa shape index (κ3) is 10.6. The van der Waals surface area contributed by atoms with Gasteiger partial charge in [0, 0.05) is 0 Å². The van der Waals surface area contributed by atoms with Gasteiger partial charge in [-0.1, -0.05) is 37.1 Å². The van der Waals surface area contributed by atoms with Crippen molar-refractivity contribution >= 4 is 53.2 Å². The summed E-state index contributed by atoms with van der Waals surface area (Å²) in [5, 5.41) is 5.51. The fraction of sp³-hybridized carbons (Fsp3) is 0.138. The Morgan fingerprint density at radius 3 is 1.30 bits per heavy atom. The van der Waals surface area contributed by atoms with Crippen LogP contribution in [0.25, 0.3) is 21.5 Å². The first-order valence-corrected chi connectivity index (χ1v) is 14.1. The van der Waals surface area contributed by atoms with Crippen LogP contribution < -0.4 is 0 Å². The smallest absolute Gasteiger partial charge is 0.171 e. The summed E-state index contributed by atoms with van der Waals surface area (Å²) in [4.78, 5) is 0. The average molecular weight is 571 g/mol. The zero-order chi connectivity index (χ0) is 21.9. The first-order chi connectivity index (χ1) is 14.5. The molecule has 33 heavy (non-hydrogen) atoms. The third-order valence-electron chi connectivity index (χ3n) is 4.83. The van der Waals surface area contributed by atoms with Crippen LogP contribution in [0.3, 0.4) is 0 Å². The molecule has 0 amide bonds. The molecule has 0 saturated heterocycles. The second kappa shape index (κ2) is 18.0. The summed E-state index contributed by atoms with van der Waals surface area (Å²) in [7, 11) is 0. The predicted molar refractivity (Wildman–Crippen MR) is 150 cm³/mol. The van der Waals surface area contributed by atoms with Gasteiger partial charge in [0.25, 0.3) is 0 Å². The number of benzene rings is 3. The largest absolute Gasteiger partial charge is 0.184 e. The van der Waals surface area contributed by atoms with E-state index in [1.807, 2.05) is 30.3 Å².